The topological polar surface area (TPSA) is 58.6 Å². The number of aliphatic hydroxyl groups is 1. The maximum Gasteiger partial charge on any atom is 0.407 e. The zero-order chi connectivity index (χ0) is 15.9. The molecule has 4 heteroatoms. The predicted molar refractivity (Wildman–Crippen MR) is 85.3 cm³/mol. The van der Waals surface area contributed by atoms with E-state index in [4.69, 9.17) is 4.74 Å². The van der Waals surface area contributed by atoms with Crippen LogP contribution in [0.2, 0.25) is 0 Å². The minimum absolute atomic E-state index is 0.169. The summed E-state index contributed by atoms with van der Waals surface area (Å²) in [6, 6.07) is 0. The molecule has 0 saturated heterocycles. The van der Waals surface area contributed by atoms with E-state index in [-0.39, 0.29) is 18.6 Å². The summed E-state index contributed by atoms with van der Waals surface area (Å²) in [5, 5.41) is 12.7. The highest BCUT2D eigenvalue weighted by Crippen LogP contribution is 2.58. The molecule has 0 aliphatic heterocycles. The number of hydrogen-bond donors (Lipinski definition) is 2. The van der Waals surface area contributed by atoms with E-state index >= 15 is 0 Å². The van der Waals surface area contributed by atoms with Crippen LogP contribution in [0.5, 0.6) is 0 Å². The monoisotopic (exact) mass is 309 g/mol. The van der Waals surface area contributed by atoms with Crippen molar-refractivity contribution >= 4 is 6.09 Å². The SMILES string of the molecule is CC(C)(C)OC(=O)NCC(CO)C1C2CC3CC(C2)CC1C3. The quantitative estimate of drug-likeness (QED) is 0.838. The molecule has 4 saturated carbocycles. The number of carbonyl (C=O) groups excluding carboxylic acids is 1. The summed E-state index contributed by atoms with van der Waals surface area (Å²) < 4.78 is 5.31. The van der Waals surface area contributed by atoms with E-state index in [2.05, 4.69) is 5.32 Å². The number of aliphatic hydroxyl groups excluding tert-OH is 1. The molecule has 4 fully saturated rings. The molecule has 1 unspecified atom stereocenters. The molecule has 1 amide bonds. The van der Waals surface area contributed by atoms with Crippen LogP contribution in [0, 0.1) is 35.5 Å². The largest absolute Gasteiger partial charge is 0.444 e. The smallest absolute Gasteiger partial charge is 0.407 e. The molecular formula is C18H31NO3. The van der Waals surface area contributed by atoms with E-state index in [1.807, 2.05) is 20.8 Å². The van der Waals surface area contributed by atoms with Crippen LogP contribution < -0.4 is 5.32 Å². The lowest BCUT2D eigenvalue weighted by Crippen LogP contribution is -2.50. The molecule has 4 aliphatic rings. The molecule has 4 nitrogen and oxygen atoms in total. The highest BCUT2D eigenvalue weighted by atomic mass is 16.6. The highest BCUT2D eigenvalue weighted by molar-refractivity contribution is 5.67. The van der Waals surface area contributed by atoms with Crippen molar-refractivity contribution < 1.29 is 14.6 Å². The number of carbonyl (C=O) groups is 1. The molecule has 0 aromatic rings. The van der Waals surface area contributed by atoms with Crippen LogP contribution in [0.3, 0.4) is 0 Å². The Morgan fingerprint density at radius 3 is 2.14 bits per heavy atom. The van der Waals surface area contributed by atoms with Crippen molar-refractivity contribution in [2.75, 3.05) is 13.2 Å². The molecule has 0 spiro atoms. The number of alkyl carbamates (subject to hydrolysis) is 1. The van der Waals surface area contributed by atoms with Gasteiger partial charge in [0, 0.05) is 19.1 Å². The molecule has 4 aliphatic carbocycles. The van der Waals surface area contributed by atoms with Crippen LogP contribution in [0.1, 0.15) is 52.9 Å². The Morgan fingerprint density at radius 1 is 1.14 bits per heavy atom. The summed E-state index contributed by atoms with van der Waals surface area (Å²) in [5.41, 5.74) is -0.471. The lowest BCUT2D eigenvalue weighted by molar-refractivity contribution is -0.0704. The lowest BCUT2D eigenvalue weighted by Gasteiger charge is -2.56. The minimum atomic E-state index is -0.471. The number of rotatable bonds is 4. The molecule has 4 rings (SSSR count). The van der Waals surface area contributed by atoms with Crippen molar-refractivity contribution in [1.29, 1.82) is 0 Å². The van der Waals surface area contributed by atoms with Crippen LogP contribution in [0.4, 0.5) is 4.79 Å². The first-order valence-corrected chi connectivity index (χ1v) is 8.93. The highest BCUT2D eigenvalue weighted by Gasteiger charge is 2.50. The van der Waals surface area contributed by atoms with Crippen LogP contribution >= 0.6 is 0 Å². The Balaban J connectivity index is 1.57. The fourth-order valence-corrected chi connectivity index (χ4v) is 5.59. The van der Waals surface area contributed by atoms with Gasteiger partial charge in [-0.1, -0.05) is 0 Å². The van der Waals surface area contributed by atoms with E-state index < -0.39 is 5.60 Å². The summed E-state index contributed by atoms with van der Waals surface area (Å²) in [7, 11) is 0. The first-order valence-electron chi connectivity index (χ1n) is 8.93. The number of hydrogen-bond acceptors (Lipinski definition) is 3. The molecule has 4 bridgehead atoms. The maximum absolute atomic E-state index is 11.9. The van der Waals surface area contributed by atoms with Gasteiger partial charge in [0.25, 0.3) is 0 Å². The molecule has 1 atom stereocenters. The second-order valence-corrected chi connectivity index (χ2v) is 8.83. The lowest BCUT2D eigenvalue weighted by atomic mass is 9.49. The average Bonchev–Trinajstić information content (AvgIpc) is 2.38. The molecule has 22 heavy (non-hydrogen) atoms. The van der Waals surface area contributed by atoms with Gasteiger partial charge in [-0.2, -0.15) is 0 Å². The van der Waals surface area contributed by atoms with Crippen molar-refractivity contribution in [1.82, 2.24) is 5.32 Å². The van der Waals surface area contributed by atoms with E-state index in [9.17, 15) is 9.90 Å². The Kier molecular flexibility index (Phi) is 4.41. The second-order valence-electron chi connectivity index (χ2n) is 8.83. The average molecular weight is 309 g/mol. The van der Waals surface area contributed by atoms with Crippen molar-refractivity contribution in [3.05, 3.63) is 0 Å². The van der Waals surface area contributed by atoms with Gasteiger partial charge in [-0.05, 0) is 82.5 Å². The van der Waals surface area contributed by atoms with Crippen molar-refractivity contribution in [2.45, 2.75) is 58.5 Å². The second kappa shape index (κ2) is 6.03. The van der Waals surface area contributed by atoms with Gasteiger partial charge in [0.1, 0.15) is 5.60 Å². The van der Waals surface area contributed by atoms with Gasteiger partial charge in [-0.25, -0.2) is 4.79 Å². The number of nitrogens with one attached hydrogen (secondary N) is 1. The molecular weight excluding hydrogens is 278 g/mol. The third kappa shape index (κ3) is 3.42. The Hall–Kier alpha value is -0.770. The summed E-state index contributed by atoms with van der Waals surface area (Å²) >= 11 is 0. The number of amides is 1. The fraction of sp³-hybridized carbons (Fsp3) is 0.944. The van der Waals surface area contributed by atoms with E-state index in [1.165, 1.54) is 32.1 Å². The Bertz CT molecular complexity index is 387. The van der Waals surface area contributed by atoms with E-state index in [1.54, 1.807) is 0 Å². The van der Waals surface area contributed by atoms with Crippen molar-refractivity contribution in [3.63, 3.8) is 0 Å². The van der Waals surface area contributed by atoms with Crippen molar-refractivity contribution in [2.24, 2.45) is 35.5 Å². The molecule has 2 N–H and O–H groups in total. The van der Waals surface area contributed by atoms with E-state index in [0.29, 0.717) is 12.5 Å². The standard InChI is InChI=1S/C18H31NO3/c1-18(2,3)22-17(21)19-9-15(10-20)16-13-5-11-4-12(7-13)8-14(16)6-11/h11-16,20H,4-10H2,1-3H3,(H,19,21). The minimum Gasteiger partial charge on any atom is -0.444 e. The summed E-state index contributed by atoms with van der Waals surface area (Å²) in [6.07, 6.45) is 6.47. The van der Waals surface area contributed by atoms with E-state index in [0.717, 1.165) is 23.7 Å². The third-order valence-electron chi connectivity index (χ3n) is 5.99. The first-order chi connectivity index (χ1) is 10.4. The summed E-state index contributed by atoms with van der Waals surface area (Å²) in [4.78, 5) is 11.9. The zero-order valence-corrected chi connectivity index (χ0v) is 14.2. The molecule has 0 heterocycles. The summed E-state index contributed by atoms with van der Waals surface area (Å²) in [5.74, 6) is 4.20. The third-order valence-corrected chi connectivity index (χ3v) is 5.99. The predicted octanol–water partition coefficient (Wildman–Crippen LogP) is 3.19. The summed E-state index contributed by atoms with van der Waals surface area (Å²) in [6.45, 7) is 6.32. The molecule has 0 aromatic carbocycles. The van der Waals surface area contributed by atoms with Gasteiger partial charge < -0.3 is 15.2 Å². The van der Waals surface area contributed by atoms with Crippen molar-refractivity contribution in [3.8, 4) is 0 Å². The van der Waals surface area contributed by atoms with Gasteiger partial charge in [0.2, 0.25) is 0 Å². The van der Waals surface area contributed by atoms with Crippen LogP contribution in [0.25, 0.3) is 0 Å². The van der Waals surface area contributed by atoms with Crippen LogP contribution in [-0.2, 0) is 4.74 Å². The van der Waals surface area contributed by atoms with Crippen LogP contribution in [0.15, 0.2) is 0 Å². The van der Waals surface area contributed by atoms with Gasteiger partial charge in [0.05, 0.1) is 0 Å². The zero-order valence-electron chi connectivity index (χ0n) is 14.2. The number of ether oxygens (including phenoxy) is 1. The molecule has 126 valence electrons. The molecule has 0 radical (unpaired) electrons. The normalized spacial score (nSPS) is 37.9. The Labute approximate surface area is 134 Å². The van der Waals surface area contributed by atoms with Crippen LogP contribution in [-0.4, -0.2) is 30.0 Å². The van der Waals surface area contributed by atoms with Gasteiger partial charge in [-0.3, -0.25) is 0 Å². The maximum atomic E-state index is 11.9. The first kappa shape index (κ1) is 16.1. The Morgan fingerprint density at radius 2 is 1.68 bits per heavy atom. The van der Waals surface area contributed by atoms with Gasteiger partial charge >= 0.3 is 6.09 Å². The van der Waals surface area contributed by atoms with Gasteiger partial charge in [0.15, 0.2) is 0 Å². The molecule has 0 aromatic heterocycles. The fourth-order valence-electron chi connectivity index (χ4n) is 5.59. The van der Waals surface area contributed by atoms with Gasteiger partial charge in [-0.15, -0.1) is 0 Å².